The first kappa shape index (κ1) is 11.9. The van der Waals surface area contributed by atoms with Crippen LogP contribution in [-0.4, -0.2) is 18.0 Å². The molecule has 2 fully saturated rings. The molecule has 1 aromatic carbocycles. The number of rotatable bonds is 3. The number of carbonyl (C=O) groups excluding carboxylic acids is 1. The molecule has 1 aliphatic carbocycles. The normalized spacial score (nSPS) is 35.2. The van der Waals surface area contributed by atoms with E-state index in [1.54, 1.807) is 0 Å². The first-order valence-corrected chi connectivity index (χ1v) is 6.94. The maximum absolute atomic E-state index is 12.5. The first-order chi connectivity index (χ1) is 8.71. The summed E-state index contributed by atoms with van der Waals surface area (Å²) in [5, 5.41) is 0. The summed E-state index contributed by atoms with van der Waals surface area (Å²) in [5.41, 5.74) is 0.794. The van der Waals surface area contributed by atoms with E-state index in [1.807, 2.05) is 25.1 Å². The topological polar surface area (TPSA) is 26.3 Å². The SMILES string of the molecule is CC1(C(=O)C2CC2c2ccccc2)CCCCO1. The molecule has 3 rings (SSSR count). The molecule has 1 aromatic rings. The number of benzene rings is 1. The second-order valence-electron chi connectivity index (χ2n) is 5.76. The van der Waals surface area contributed by atoms with E-state index >= 15 is 0 Å². The molecule has 1 saturated heterocycles. The number of ether oxygens (including phenoxy) is 1. The van der Waals surface area contributed by atoms with Gasteiger partial charge in [0.2, 0.25) is 0 Å². The average molecular weight is 244 g/mol. The van der Waals surface area contributed by atoms with Crippen LogP contribution < -0.4 is 0 Å². The van der Waals surface area contributed by atoms with Gasteiger partial charge < -0.3 is 4.74 Å². The first-order valence-electron chi connectivity index (χ1n) is 6.94. The van der Waals surface area contributed by atoms with Gasteiger partial charge in [0, 0.05) is 12.5 Å². The Morgan fingerprint density at radius 3 is 2.72 bits per heavy atom. The zero-order chi connectivity index (χ0) is 12.6. The van der Waals surface area contributed by atoms with Gasteiger partial charge in [-0.3, -0.25) is 4.79 Å². The van der Waals surface area contributed by atoms with Crippen LogP contribution in [-0.2, 0) is 9.53 Å². The maximum Gasteiger partial charge on any atom is 0.168 e. The Morgan fingerprint density at radius 1 is 1.28 bits per heavy atom. The third kappa shape index (κ3) is 2.10. The van der Waals surface area contributed by atoms with Crippen LogP contribution in [0.3, 0.4) is 0 Å². The quantitative estimate of drug-likeness (QED) is 0.815. The van der Waals surface area contributed by atoms with Crippen molar-refractivity contribution >= 4 is 5.78 Å². The summed E-state index contributed by atoms with van der Waals surface area (Å²) < 4.78 is 5.76. The van der Waals surface area contributed by atoms with Gasteiger partial charge in [-0.15, -0.1) is 0 Å². The van der Waals surface area contributed by atoms with E-state index in [2.05, 4.69) is 12.1 Å². The lowest BCUT2D eigenvalue weighted by Gasteiger charge is -2.32. The average Bonchev–Trinajstić information content (AvgIpc) is 3.20. The van der Waals surface area contributed by atoms with Gasteiger partial charge in [0.05, 0.1) is 0 Å². The molecule has 2 heteroatoms. The van der Waals surface area contributed by atoms with Gasteiger partial charge >= 0.3 is 0 Å². The molecule has 0 aromatic heterocycles. The highest BCUT2D eigenvalue weighted by atomic mass is 16.5. The van der Waals surface area contributed by atoms with Crippen molar-refractivity contribution in [3.8, 4) is 0 Å². The second-order valence-corrected chi connectivity index (χ2v) is 5.76. The zero-order valence-electron chi connectivity index (χ0n) is 10.9. The second kappa shape index (κ2) is 4.51. The van der Waals surface area contributed by atoms with Crippen LogP contribution in [0.4, 0.5) is 0 Å². The summed E-state index contributed by atoms with van der Waals surface area (Å²) in [6, 6.07) is 10.4. The predicted octanol–water partition coefficient (Wildman–Crippen LogP) is 3.32. The highest BCUT2D eigenvalue weighted by Gasteiger charge is 2.51. The van der Waals surface area contributed by atoms with Gasteiger partial charge in [0.15, 0.2) is 5.78 Å². The van der Waals surface area contributed by atoms with Gasteiger partial charge in [0.25, 0.3) is 0 Å². The Labute approximate surface area is 108 Å². The highest BCUT2D eigenvalue weighted by Crippen LogP contribution is 2.50. The van der Waals surface area contributed by atoms with Gasteiger partial charge in [-0.2, -0.15) is 0 Å². The predicted molar refractivity (Wildman–Crippen MR) is 70.5 cm³/mol. The van der Waals surface area contributed by atoms with E-state index in [9.17, 15) is 4.79 Å². The molecule has 1 heterocycles. The molecule has 0 N–H and O–H groups in total. The summed E-state index contributed by atoms with van der Waals surface area (Å²) >= 11 is 0. The number of hydrogen-bond donors (Lipinski definition) is 0. The fraction of sp³-hybridized carbons (Fsp3) is 0.562. The molecule has 96 valence electrons. The van der Waals surface area contributed by atoms with Gasteiger partial charge in [-0.1, -0.05) is 30.3 Å². The van der Waals surface area contributed by atoms with Crippen molar-refractivity contribution in [2.24, 2.45) is 5.92 Å². The van der Waals surface area contributed by atoms with Gasteiger partial charge in [-0.05, 0) is 44.1 Å². The van der Waals surface area contributed by atoms with Crippen LogP contribution >= 0.6 is 0 Å². The van der Waals surface area contributed by atoms with Gasteiger partial charge in [-0.25, -0.2) is 0 Å². The van der Waals surface area contributed by atoms with Crippen molar-refractivity contribution in [3.63, 3.8) is 0 Å². The van der Waals surface area contributed by atoms with Crippen LogP contribution in [0.5, 0.6) is 0 Å². The van der Waals surface area contributed by atoms with E-state index in [0.717, 1.165) is 32.3 Å². The minimum Gasteiger partial charge on any atom is -0.367 e. The molecular formula is C16H20O2. The maximum atomic E-state index is 12.5. The Bertz CT molecular complexity index is 432. The minimum absolute atomic E-state index is 0.190. The summed E-state index contributed by atoms with van der Waals surface area (Å²) in [6.45, 7) is 2.72. The molecule has 0 amide bonds. The smallest absolute Gasteiger partial charge is 0.168 e. The van der Waals surface area contributed by atoms with Crippen LogP contribution in [0, 0.1) is 5.92 Å². The van der Waals surface area contributed by atoms with Crippen molar-refractivity contribution in [1.29, 1.82) is 0 Å². The van der Waals surface area contributed by atoms with E-state index in [-0.39, 0.29) is 5.92 Å². The lowest BCUT2D eigenvalue weighted by atomic mass is 9.88. The molecule has 18 heavy (non-hydrogen) atoms. The zero-order valence-corrected chi connectivity index (χ0v) is 10.9. The minimum atomic E-state index is -0.507. The van der Waals surface area contributed by atoms with Crippen molar-refractivity contribution < 1.29 is 9.53 Å². The highest BCUT2D eigenvalue weighted by molar-refractivity contribution is 5.92. The third-order valence-corrected chi connectivity index (χ3v) is 4.34. The molecule has 2 nitrogen and oxygen atoms in total. The molecule has 3 unspecified atom stereocenters. The third-order valence-electron chi connectivity index (χ3n) is 4.34. The number of ketones is 1. The Hall–Kier alpha value is -1.15. The molecule has 0 spiro atoms. The largest absolute Gasteiger partial charge is 0.367 e. The molecule has 3 atom stereocenters. The fourth-order valence-corrected chi connectivity index (χ4v) is 3.07. The number of carbonyl (C=O) groups is 1. The molecule has 2 aliphatic rings. The summed E-state index contributed by atoms with van der Waals surface area (Å²) in [4.78, 5) is 12.5. The van der Waals surface area contributed by atoms with Crippen molar-refractivity contribution in [2.45, 2.75) is 44.1 Å². The van der Waals surface area contributed by atoms with E-state index in [1.165, 1.54) is 5.56 Å². The molecule has 1 saturated carbocycles. The summed E-state index contributed by atoms with van der Waals surface area (Å²) in [7, 11) is 0. The fourth-order valence-electron chi connectivity index (χ4n) is 3.07. The summed E-state index contributed by atoms with van der Waals surface area (Å²) in [6.07, 6.45) is 4.10. The van der Waals surface area contributed by atoms with E-state index < -0.39 is 5.60 Å². The van der Waals surface area contributed by atoms with Crippen LogP contribution in [0.25, 0.3) is 0 Å². The van der Waals surface area contributed by atoms with Crippen molar-refractivity contribution in [3.05, 3.63) is 35.9 Å². The van der Waals surface area contributed by atoms with Crippen molar-refractivity contribution in [1.82, 2.24) is 0 Å². The van der Waals surface area contributed by atoms with Gasteiger partial charge in [0.1, 0.15) is 5.60 Å². The van der Waals surface area contributed by atoms with Crippen molar-refractivity contribution in [2.75, 3.05) is 6.61 Å². The number of Topliss-reactive ketones (excluding diaryl/α,β-unsaturated/α-hetero) is 1. The molecule has 0 radical (unpaired) electrons. The number of hydrogen-bond acceptors (Lipinski definition) is 2. The van der Waals surface area contributed by atoms with Crippen LogP contribution in [0.2, 0.25) is 0 Å². The molecular weight excluding hydrogens is 224 g/mol. The Balaban J connectivity index is 1.69. The monoisotopic (exact) mass is 244 g/mol. The van der Waals surface area contributed by atoms with Crippen LogP contribution in [0.1, 0.15) is 44.1 Å². The van der Waals surface area contributed by atoms with E-state index in [0.29, 0.717) is 11.7 Å². The standard InChI is InChI=1S/C16H20O2/c1-16(9-5-6-10-18-16)15(17)14-11-13(14)12-7-3-2-4-8-12/h2-4,7-8,13-14H,5-6,9-11H2,1H3. The molecule has 1 aliphatic heterocycles. The lowest BCUT2D eigenvalue weighted by Crippen LogP contribution is -2.42. The Morgan fingerprint density at radius 2 is 2.06 bits per heavy atom. The molecule has 0 bridgehead atoms. The Kier molecular flexibility index (Phi) is 2.98. The van der Waals surface area contributed by atoms with E-state index in [4.69, 9.17) is 4.74 Å². The summed E-state index contributed by atoms with van der Waals surface area (Å²) in [5.74, 6) is 0.951. The van der Waals surface area contributed by atoms with Crippen LogP contribution in [0.15, 0.2) is 30.3 Å². The lowest BCUT2D eigenvalue weighted by molar-refractivity contribution is -0.149.